The summed E-state index contributed by atoms with van der Waals surface area (Å²) >= 11 is 0. The van der Waals surface area contributed by atoms with Crippen LogP contribution in [0.25, 0.3) is 21.7 Å². The Hall–Kier alpha value is -2.17. The van der Waals surface area contributed by atoms with E-state index < -0.39 is 0 Å². The van der Waals surface area contributed by atoms with E-state index in [4.69, 9.17) is 4.42 Å². The number of rotatable bonds is 4. The highest BCUT2D eigenvalue weighted by Crippen LogP contribution is 2.26. The van der Waals surface area contributed by atoms with E-state index >= 15 is 0 Å². The van der Waals surface area contributed by atoms with Crippen molar-refractivity contribution in [2.75, 3.05) is 13.2 Å². The molecule has 2 N–H and O–H groups in total. The van der Waals surface area contributed by atoms with Gasteiger partial charge in [-0.1, -0.05) is 36.4 Å². The van der Waals surface area contributed by atoms with E-state index in [0.29, 0.717) is 11.6 Å². The van der Waals surface area contributed by atoms with Crippen LogP contribution in [0.15, 0.2) is 51.7 Å². The second-order valence-electron chi connectivity index (χ2n) is 7.04. The monoisotopic (exact) mass is 338 g/mol. The number of piperidine rings is 1. The second-order valence-corrected chi connectivity index (χ2v) is 7.04. The van der Waals surface area contributed by atoms with E-state index in [0.717, 1.165) is 47.7 Å². The molecule has 2 atom stereocenters. The van der Waals surface area contributed by atoms with Crippen molar-refractivity contribution < 1.29 is 14.4 Å². The molecule has 2 heterocycles. The van der Waals surface area contributed by atoms with Crippen molar-refractivity contribution in [3.8, 4) is 0 Å². The van der Waals surface area contributed by atoms with E-state index in [1.165, 1.54) is 17.7 Å². The highest BCUT2D eigenvalue weighted by atomic mass is 16.4. The number of likely N-dealkylation sites (tertiary alicyclic amines) is 1. The molecule has 1 aromatic heterocycles. The average molecular weight is 338 g/mol. The lowest BCUT2D eigenvalue weighted by atomic mass is 9.97. The highest BCUT2D eigenvalue weighted by Gasteiger charge is 2.26. The fourth-order valence-corrected chi connectivity index (χ4v) is 4.23. The van der Waals surface area contributed by atoms with Crippen molar-refractivity contribution in [1.82, 2.24) is 0 Å². The third kappa shape index (κ3) is 3.20. The fraction of sp³-hybridized carbons (Fsp3) is 0.381. The Morgan fingerprint density at radius 2 is 2.00 bits per heavy atom. The minimum atomic E-state index is -0.283. The first kappa shape index (κ1) is 16.3. The Labute approximate surface area is 146 Å². The van der Waals surface area contributed by atoms with Gasteiger partial charge in [0.1, 0.15) is 12.1 Å². The normalized spacial score (nSPS) is 21.0. The number of hydrogen-bond acceptors (Lipinski definition) is 3. The third-order valence-electron chi connectivity index (χ3n) is 5.49. The number of benzene rings is 2. The van der Waals surface area contributed by atoms with Gasteiger partial charge in [0.15, 0.2) is 0 Å². The van der Waals surface area contributed by atoms with Crippen LogP contribution in [-0.4, -0.2) is 24.3 Å². The van der Waals surface area contributed by atoms with Crippen molar-refractivity contribution in [1.29, 1.82) is 0 Å². The summed E-state index contributed by atoms with van der Waals surface area (Å²) in [6, 6.07) is 14.3. The second kappa shape index (κ2) is 6.98. The zero-order valence-corrected chi connectivity index (χ0v) is 14.3. The quantitative estimate of drug-likeness (QED) is 0.567. The first-order chi connectivity index (χ1) is 12.3. The molecule has 4 nitrogen and oxygen atoms in total. The van der Waals surface area contributed by atoms with Gasteiger partial charge in [-0.05, 0) is 24.6 Å². The van der Waals surface area contributed by atoms with Crippen LogP contribution < -0.4 is 10.5 Å². The van der Waals surface area contributed by atoms with Crippen LogP contribution in [0.1, 0.15) is 31.2 Å². The summed E-state index contributed by atoms with van der Waals surface area (Å²) in [4.78, 5) is 13.7. The molecule has 0 amide bonds. The largest absolute Gasteiger partial charge is 0.422 e. The van der Waals surface area contributed by atoms with Gasteiger partial charge in [0.25, 0.3) is 0 Å². The summed E-state index contributed by atoms with van der Waals surface area (Å²) in [6.07, 6.45) is 4.42. The average Bonchev–Trinajstić information content (AvgIpc) is 2.63. The van der Waals surface area contributed by atoms with Crippen LogP contribution in [0.3, 0.4) is 0 Å². The van der Waals surface area contributed by atoms with Crippen molar-refractivity contribution in [2.45, 2.75) is 38.3 Å². The molecule has 1 aliphatic heterocycles. The maximum Gasteiger partial charge on any atom is 0.336 e. The SMILES string of the molecule is O=c1cc(C[NH+]2CCCC[C@H]2CCO)c2ccc3ccccc3c2o1. The summed E-state index contributed by atoms with van der Waals surface area (Å²) in [5.74, 6) is 0. The van der Waals surface area contributed by atoms with Crippen LogP contribution in [-0.2, 0) is 6.54 Å². The first-order valence-corrected chi connectivity index (χ1v) is 9.16. The van der Waals surface area contributed by atoms with Gasteiger partial charge in [-0.2, -0.15) is 0 Å². The van der Waals surface area contributed by atoms with Crippen molar-refractivity contribution in [2.24, 2.45) is 0 Å². The maximum atomic E-state index is 12.2. The zero-order chi connectivity index (χ0) is 17.2. The molecule has 2 aromatic carbocycles. The molecule has 25 heavy (non-hydrogen) atoms. The molecular weight excluding hydrogens is 314 g/mol. The zero-order valence-electron chi connectivity index (χ0n) is 14.3. The number of aliphatic hydroxyl groups is 1. The first-order valence-electron chi connectivity index (χ1n) is 9.16. The summed E-state index contributed by atoms with van der Waals surface area (Å²) in [6.45, 7) is 2.14. The van der Waals surface area contributed by atoms with Gasteiger partial charge in [0.05, 0.1) is 12.6 Å². The third-order valence-corrected chi connectivity index (χ3v) is 5.49. The minimum Gasteiger partial charge on any atom is -0.422 e. The summed E-state index contributed by atoms with van der Waals surface area (Å²) < 4.78 is 5.57. The van der Waals surface area contributed by atoms with Gasteiger partial charge in [-0.3, -0.25) is 0 Å². The van der Waals surface area contributed by atoms with Crippen molar-refractivity contribution in [3.05, 3.63) is 58.4 Å². The molecule has 0 radical (unpaired) electrons. The van der Waals surface area contributed by atoms with E-state index in [1.807, 2.05) is 24.3 Å². The molecule has 130 valence electrons. The molecular formula is C21H24NO3+. The van der Waals surface area contributed by atoms with Crippen LogP contribution in [0, 0.1) is 0 Å². The van der Waals surface area contributed by atoms with Crippen molar-refractivity contribution in [3.63, 3.8) is 0 Å². The smallest absolute Gasteiger partial charge is 0.336 e. The molecule has 3 aromatic rings. The topological polar surface area (TPSA) is 54.9 Å². The molecule has 0 bridgehead atoms. The van der Waals surface area contributed by atoms with Crippen LogP contribution >= 0.6 is 0 Å². The number of hydrogen-bond donors (Lipinski definition) is 2. The number of quaternary nitrogens is 1. The van der Waals surface area contributed by atoms with Crippen LogP contribution in [0.2, 0.25) is 0 Å². The molecule has 1 aliphatic rings. The lowest BCUT2D eigenvalue weighted by Crippen LogP contribution is -3.15. The van der Waals surface area contributed by atoms with E-state index in [-0.39, 0.29) is 12.2 Å². The molecule has 0 spiro atoms. The fourth-order valence-electron chi connectivity index (χ4n) is 4.23. The Bertz CT molecular complexity index is 945. The summed E-state index contributed by atoms with van der Waals surface area (Å²) in [5, 5.41) is 12.5. The highest BCUT2D eigenvalue weighted by molar-refractivity contribution is 6.04. The number of aliphatic hydroxyl groups excluding tert-OH is 1. The van der Waals surface area contributed by atoms with E-state index in [9.17, 15) is 9.90 Å². The molecule has 1 unspecified atom stereocenters. The lowest BCUT2D eigenvalue weighted by Gasteiger charge is -2.32. The molecule has 4 heteroatoms. The summed E-state index contributed by atoms with van der Waals surface area (Å²) in [7, 11) is 0. The molecule has 0 aliphatic carbocycles. The molecule has 0 saturated carbocycles. The van der Waals surface area contributed by atoms with Crippen LogP contribution in [0.4, 0.5) is 0 Å². The van der Waals surface area contributed by atoms with E-state index in [2.05, 4.69) is 12.1 Å². The van der Waals surface area contributed by atoms with Crippen LogP contribution in [0.5, 0.6) is 0 Å². The Morgan fingerprint density at radius 1 is 1.12 bits per heavy atom. The summed E-state index contributed by atoms with van der Waals surface area (Å²) in [5.41, 5.74) is 1.46. The Kier molecular flexibility index (Phi) is 4.55. The van der Waals surface area contributed by atoms with Gasteiger partial charge >= 0.3 is 5.63 Å². The Morgan fingerprint density at radius 3 is 2.88 bits per heavy atom. The van der Waals surface area contributed by atoms with Gasteiger partial charge < -0.3 is 14.4 Å². The minimum absolute atomic E-state index is 0.233. The predicted octanol–water partition coefficient (Wildman–Crippen LogP) is 2.27. The maximum absolute atomic E-state index is 12.2. The van der Waals surface area contributed by atoms with Gasteiger partial charge in [-0.25, -0.2) is 4.79 Å². The molecule has 1 saturated heterocycles. The van der Waals surface area contributed by atoms with Gasteiger partial charge in [0, 0.05) is 35.4 Å². The van der Waals surface area contributed by atoms with Gasteiger partial charge in [0.2, 0.25) is 0 Å². The molecule has 1 fully saturated rings. The van der Waals surface area contributed by atoms with E-state index in [1.54, 1.807) is 6.07 Å². The molecule has 4 rings (SSSR count). The Balaban J connectivity index is 1.79. The standard InChI is InChI=1S/C21H23NO3/c23-12-10-17-6-3-4-11-22(17)14-16-13-20(24)25-21-18-7-2-1-5-15(18)8-9-19(16)21/h1-2,5,7-9,13,17,23H,3-4,6,10-12,14H2/p+1/t17-/m0/s1. The predicted molar refractivity (Wildman–Crippen MR) is 98.9 cm³/mol. The number of nitrogens with one attached hydrogen (secondary N) is 1. The number of fused-ring (bicyclic) bond motifs is 3. The van der Waals surface area contributed by atoms with Crippen molar-refractivity contribution >= 4 is 21.7 Å². The lowest BCUT2D eigenvalue weighted by molar-refractivity contribution is -0.944. The van der Waals surface area contributed by atoms with Gasteiger partial charge in [-0.15, -0.1) is 0 Å².